The zero-order chi connectivity index (χ0) is 19.1. The Morgan fingerprint density at radius 1 is 1.04 bits per heavy atom. The average molecular weight is 367 g/mol. The number of benzene rings is 2. The normalized spacial score (nSPS) is 17.0. The van der Waals surface area contributed by atoms with Gasteiger partial charge in [-0.2, -0.15) is 0 Å². The number of rotatable bonds is 3. The summed E-state index contributed by atoms with van der Waals surface area (Å²) in [6, 6.07) is 14.1. The maximum Gasteiger partial charge on any atom is 0.187 e. The Morgan fingerprint density at radius 3 is 2.46 bits per heavy atom. The van der Waals surface area contributed by atoms with Gasteiger partial charge in [-0.1, -0.05) is 42.5 Å². The number of pyridine rings is 1. The Hall–Kier alpha value is -3.19. The van der Waals surface area contributed by atoms with Crippen LogP contribution in [0, 0.1) is 6.57 Å². The Morgan fingerprint density at radius 2 is 1.79 bits per heavy atom. The predicted octanol–water partition coefficient (Wildman–Crippen LogP) is 5.50. The largest absolute Gasteiger partial charge is 0.369 e. The lowest BCUT2D eigenvalue weighted by Crippen LogP contribution is -2.34. The van der Waals surface area contributed by atoms with Crippen molar-refractivity contribution in [3.63, 3.8) is 0 Å². The lowest BCUT2D eigenvalue weighted by Gasteiger charge is -2.30. The average Bonchev–Trinajstić information content (AvgIpc) is 3.58. The van der Waals surface area contributed by atoms with E-state index in [0.29, 0.717) is 30.2 Å². The first-order valence-corrected chi connectivity index (χ1v) is 9.91. The molecule has 4 heteroatoms. The van der Waals surface area contributed by atoms with Crippen molar-refractivity contribution in [1.29, 1.82) is 0 Å². The van der Waals surface area contributed by atoms with Gasteiger partial charge < -0.3 is 4.90 Å². The summed E-state index contributed by atoms with van der Waals surface area (Å²) in [7, 11) is 0. The van der Waals surface area contributed by atoms with Gasteiger partial charge in [0.25, 0.3) is 0 Å². The third-order valence-corrected chi connectivity index (χ3v) is 5.87. The molecule has 2 fully saturated rings. The van der Waals surface area contributed by atoms with Crippen LogP contribution in [0.2, 0.25) is 0 Å². The minimum absolute atomic E-state index is 0.364. The van der Waals surface area contributed by atoms with Gasteiger partial charge in [-0.15, -0.1) is 0 Å². The molecule has 2 heterocycles. The summed E-state index contributed by atoms with van der Waals surface area (Å²) in [5.74, 6) is 0.959. The summed E-state index contributed by atoms with van der Waals surface area (Å²) < 4.78 is 0. The zero-order valence-corrected chi connectivity index (χ0v) is 15.7. The molecule has 4 nitrogen and oxygen atoms in total. The number of aromatic nitrogens is 1. The van der Waals surface area contributed by atoms with Gasteiger partial charge in [0.05, 0.1) is 24.0 Å². The molecule has 2 aromatic carbocycles. The third-order valence-electron chi connectivity index (χ3n) is 5.87. The molecule has 5 rings (SSSR count). The molecule has 0 bridgehead atoms. The van der Waals surface area contributed by atoms with E-state index >= 15 is 0 Å². The van der Waals surface area contributed by atoms with Gasteiger partial charge in [-0.05, 0) is 29.9 Å². The number of anilines is 1. The second-order valence-corrected chi connectivity index (χ2v) is 7.72. The fourth-order valence-corrected chi connectivity index (χ4v) is 4.23. The van der Waals surface area contributed by atoms with Crippen LogP contribution in [-0.2, 0) is 4.79 Å². The van der Waals surface area contributed by atoms with E-state index in [1.807, 2.05) is 30.5 Å². The number of para-hydroxylation sites is 1. The van der Waals surface area contributed by atoms with Crippen LogP contribution >= 0.6 is 0 Å². The molecule has 0 atom stereocenters. The lowest BCUT2D eigenvalue weighted by molar-refractivity contribution is -0.119. The van der Waals surface area contributed by atoms with Crippen molar-refractivity contribution in [1.82, 2.24) is 4.98 Å². The molecule has 0 radical (unpaired) electrons. The minimum atomic E-state index is 0.364. The van der Waals surface area contributed by atoms with E-state index in [4.69, 9.17) is 11.6 Å². The third kappa shape index (κ3) is 2.93. The van der Waals surface area contributed by atoms with Gasteiger partial charge in [-0.25, -0.2) is 4.85 Å². The molecule has 138 valence electrons. The van der Waals surface area contributed by atoms with Crippen LogP contribution in [0.15, 0.2) is 48.7 Å². The first-order chi connectivity index (χ1) is 13.7. The number of fused-ring (bicyclic) bond motifs is 1. The zero-order valence-electron chi connectivity index (χ0n) is 15.7. The van der Waals surface area contributed by atoms with Crippen molar-refractivity contribution in [2.45, 2.75) is 31.6 Å². The highest BCUT2D eigenvalue weighted by Gasteiger charge is 2.31. The van der Waals surface area contributed by atoms with Crippen molar-refractivity contribution >= 4 is 28.1 Å². The molecule has 1 saturated carbocycles. The molecule has 1 saturated heterocycles. The number of carbonyl (C=O) groups is 1. The first-order valence-electron chi connectivity index (χ1n) is 9.91. The summed E-state index contributed by atoms with van der Waals surface area (Å²) in [5.41, 5.74) is 6.48. The Labute approximate surface area is 164 Å². The van der Waals surface area contributed by atoms with Crippen molar-refractivity contribution in [2.24, 2.45) is 0 Å². The Bertz CT molecular complexity index is 1100. The van der Waals surface area contributed by atoms with E-state index < -0.39 is 0 Å². The van der Waals surface area contributed by atoms with E-state index in [2.05, 4.69) is 27.9 Å². The van der Waals surface area contributed by atoms with Crippen LogP contribution in [0.1, 0.15) is 37.2 Å². The molecule has 2 aliphatic rings. The van der Waals surface area contributed by atoms with Gasteiger partial charge in [0.15, 0.2) is 5.69 Å². The molecule has 1 aliphatic heterocycles. The summed E-state index contributed by atoms with van der Waals surface area (Å²) in [6.07, 6.45) is 5.74. The highest BCUT2D eigenvalue weighted by Crippen LogP contribution is 2.48. The number of hydrogen-bond acceptors (Lipinski definition) is 3. The van der Waals surface area contributed by atoms with E-state index in [-0.39, 0.29) is 0 Å². The van der Waals surface area contributed by atoms with Gasteiger partial charge in [-0.3, -0.25) is 9.78 Å². The summed E-state index contributed by atoms with van der Waals surface area (Å²) in [5, 5.41) is 1.23. The number of nitrogens with zero attached hydrogens (tertiary/aromatic N) is 3. The van der Waals surface area contributed by atoms with Crippen molar-refractivity contribution in [3.8, 4) is 11.1 Å². The topological polar surface area (TPSA) is 37.6 Å². The standard InChI is InChI=1S/C24H21N3O/c1-25-18-9-7-16(8-10-18)20-3-2-4-21-23(17-5-6-17)22(15-26-24(20)21)27-13-11-19(28)12-14-27/h2-4,7-10,15,17H,5-6,11-14H2. The van der Waals surface area contributed by atoms with Gasteiger partial charge in [0, 0.05) is 36.9 Å². The van der Waals surface area contributed by atoms with Crippen molar-refractivity contribution in [3.05, 3.63) is 65.6 Å². The fourth-order valence-electron chi connectivity index (χ4n) is 4.23. The number of Topliss-reactive ketones (excluding diaryl/α,β-unsaturated/α-hetero) is 1. The molecule has 28 heavy (non-hydrogen) atoms. The minimum Gasteiger partial charge on any atom is -0.369 e. The lowest BCUT2D eigenvalue weighted by atomic mass is 9.96. The van der Waals surface area contributed by atoms with E-state index in [1.54, 1.807) is 0 Å². The van der Waals surface area contributed by atoms with Gasteiger partial charge in [0.2, 0.25) is 0 Å². The maximum absolute atomic E-state index is 11.7. The number of carbonyl (C=O) groups excluding carboxylic acids is 1. The Kier molecular flexibility index (Phi) is 4.09. The molecule has 0 N–H and O–H groups in total. The molecular formula is C24H21N3O. The second kappa shape index (κ2) is 6.76. The summed E-state index contributed by atoms with van der Waals surface area (Å²) in [4.78, 5) is 22.4. The Balaban J connectivity index is 1.64. The number of piperidine rings is 1. The summed E-state index contributed by atoms with van der Waals surface area (Å²) >= 11 is 0. The molecule has 1 aromatic heterocycles. The van der Waals surface area contributed by atoms with Crippen LogP contribution in [0.5, 0.6) is 0 Å². The smallest absolute Gasteiger partial charge is 0.187 e. The van der Waals surface area contributed by atoms with Crippen LogP contribution in [-0.4, -0.2) is 23.9 Å². The van der Waals surface area contributed by atoms with Crippen LogP contribution in [0.25, 0.3) is 26.9 Å². The quantitative estimate of drug-likeness (QED) is 0.574. The van der Waals surface area contributed by atoms with Crippen LogP contribution < -0.4 is 4.90 Å². The maximum atomic E-state index is 11.7. The van der Waals surface area contributed by atoms with Crippen LogP contribution in [0.4, 0.5) is 11.4 Å². The molecule has 3 aromatic rings. The highest BCUT2D eigenvalue weighted by molar-refractivity contribution is 5.98. The molecule has 0 spiro atoms. The monoisotopic (exact) mass is 367 g/mol. The SMILES string of the molecule is [C-]#[N+]c1ccc(-c2cccc3c(C4CC4)c(N4CCC(=O)CC4)cnc23)cc1. The van der Waals surface area contributed by atoms with Crippen molar-refractivity contribution < 1.29 is 4.79 Å². The van der Waals surface area contributed by atoms with E-state index in [0.717, 1.165) is 29.7 Å². The first kappa shape index (κ1) is 16.9. The molecule has 1 aliphatic carbocycles. The highest BCUT2D eigenvalue weighted by atomic mass is 16.1. The predicted molar refractivity (Wildman–Crippen MR) is 112 cm³/mol. The summed E-state index contributed by atoms with van der Waals surface area (Å²) in [6.45, 7) is 8.74. The van der Waals surface area contributed by atoms with Crippen LogP contribution in [0.3, 0.4) is 0 Å². The van der Waals surface area contributed by atoms with Crippen molar-refractivity contribution in [2.75, 3.05) is 18.0 Å². The number of hydrogen-bond donors (Lipinski definition) is 0. The van der Waals surface area contributed by atoms with Gasteiger partial charge in [0.1, 0.15) is 5.78 Å². The van der Waals surface area contributed by atoms with Gasteiger partial charge >= 0.3 is 0 Å². The number of ketones is 1. The molecule has 0 unspecified atom stereocenters. The fraction of sp³-hybridized carbons (Fsp3) is 0.292. The van der Waals surface area contributed by atoms with E-state index in [9.17, 15) is 4.79 Å². The molecule has 0 amide bonds. The van der Waals surface area contributed by atoms with E-state index in [1.165, 1.54) is 29.5 Å². The second-order valence-electron chi connectivity index (χ2n) is 7.72. The molecular weight excluding hydrogens is 346 g/mol.